The topological polar surface area (TPSA) is 58.6 Å². The lowest BCUT2D eigenvalue weighted by Gasteiger charge is -2.23. The minimum Gasteiger partial charge on any atom is -0.497 e. The van der Waals surface area contributed by atoms with Gasteiger partial charge >= 0.3 is 0 Å². The fourth-order valence-electron chi connectivity index (χ4n) is 1.78. The van der Waals surface area contributed by atoms with E-state index in [0.717, 1.165) is 11.3 Å². The number of nitrogens with zero attached hydrogens (tertiary/aromatic N) is 1. The second-order valence-corrected chi connectivity index (χ2v) is 4.84. The lowest BCUT2D eigenvalue weighted by molar-refractivity contribution is -0.134. The van der Waals surface area contributed by atoms with Crippen LogP contribution in [0.2, 0.25) is 0 Å². The van der Waals surface area contributed by atoms with E-state index in [1.165, 1.54) is 6.92 Å². The molecule has 1 aromatic carbocycles. The molecule has 2 amide bonds. The number of thiol groups is 1. The summed E-state index contributed by atoms with van der Waals surface area (Å²) in [7, 11) is 3.31. The predicted molar refractivity (Wildman–Crippen MR) is 80.9 cm³/mol. The first-order valence-corrected chi connectivity index (χ1v) is 6.87. The Kier molecular flexibility index (Phi) is 6.38. The summed E-state index contributed by atoms with van der Waals surface area (Å²) in [5.41, 5.74) is 0.988. The summed E-state index contributed by atoms with van der Waals surface area (Å²) >= 11 is 4.10. The number of ether oxygens (including phenoxy) is 1. The van der Waals surface area contributed by atoms with Gasteiger partial charge in [0.15, 0.2) is 0 Å². The van der Waals surface area contributed by atoms with Crippen molar-refractivity contribution >= 4 is 24.4 Å². The van der Waals surface area contributed by atoms with Gasteiger partial charge in [0.05, 0.1) is 7.11 Å². The van der Waals surface area contributed by atoms with Crippen LogP contribution in [-0.2, 0) is 16.1 Å². The Balaban J connectivity index is 2.65. The van der Waals surface area contributed by atoms with E-state index in [4.69, 9.17) is 4.74 Å². The van der Waals surface area contributed by atoms with Crippen molar-refractivity contribution in [2.45, 2.75) is 19.5 Å². The predicted octanol–water partition coefficient (Wildman–Crippen LogP) is 1.09. The number of likely N-dealkylation sites (N-methyl/N-ethyl adjacent to an activating group) is 1. The first-order valence-electron chi connectivity index (χ1n) is 6.23. The van der Waals surface area contributed by atoms with E-state index < -0.39 is 6.04 Å². The second kappa shape index (κ2) is 7.79. The van der Waals surface area contributed by atoms with Gasteiger partial charge in [-0.3, -0.25) is 9.59 Å². The van der Waals surface area contributed by atoms with Crippen molar-refractivity contribution < 1.29 is 14.3 Å². The number of hydrogen-bond donors (Lipinski definition) is 2. The number of hydrogen-bond acceptors (Lipinski definition) is 4. The minimum absolute atomic E-state index is 0.161. The Morgan fingerprint density at radius 3 is 2.40 bits per heavy atom. The van der Waals surface area contributed by atoms with Gasteiger partial charge in [-0.2, -0.15) is 12.6 Å². The normalized spacial score (nSPS) is 11.6. The highest BCUT2D eigenvalue weighted by Gasteiger charge is 2.21. The Morgan fingerprint density at radius 1 is 1.35 bits per heavy atom. The quantitative estimate of drug-likeness (QED) is 0.773. The van der Waals surface area contributed by atoms with Gasteiger partial charge < -0.3 is 15.0 Å². The molecule has 0 saturated heterocycles. The maximum atomic E-state index is 12.2. The maximum absolute atomic E-state index is 12.2. The van der Waals surface area contributed by atoms with Gasteiger partial charge in [0, 0.05) is 26.3 Å². The van der Waals surface area contributed by atoms with Gasteiger partial charge in [0.1, 0.15) is 11.8 Å². The molecular formula is C14H20N2O3S. The Hall–Kier alpha value is -1.69. The average molecular weight is 296 g/mol. The van der Waals surface area contributed by atoms with Gasteiger partial charge in [0.25, 0.3) is 0 Å². The molecule has 0 aliphatic heterocycles. The fraction of sp³-hybridized carbons (Fsp3) is 0.429. The number of nitrogens with one attached hydrogen (secondary N) is 1. The van der Waals surface area contributed by atoms with E-state index in [1.807, 2.05) is 24.3 Å². The first-order chi connectivity index (χ1) is 9.47. The largest absolute Gasteiger partial charge is 0.497 e. The third-order valence-electron chi connectivity index (χ3n) is 2.81. The molecule has 1 aromatic rings. The molecule has 0 spiro atoms. The zero-order chi connectivity index (χ0) is 15.1. The van der Waals surface area contributed by atoms with E-state index in [-0.39, 0.29) is 17.6 Å². The third-order valence-corrected chi connectivity index (χ3v) is 3.18. The second-order valence-electron chi connectivity index (χ2n) is 4.48. The van der Waals surface area contributed by atoms with Crippen molar-refractivity contribution in [1.82, 2.24) is 10.2 Å². The Morgan fingerprint density at radius 2 is 1.95 bits per heavy atom. The molecule has 0 aliphatic rings. The van der Waals surface area contributed by atoms with E-state index in [9.17, 15) is 9.59 Å². The van der Waals surface area contributed by atoms with Crippen LogP contribution in [0.15, 0.2) is 24.3 Å². The van der Waals surface area contributed by atoms with Crippen molar-refractivity contribution in [3.8, 4) is 5.75 Å². The van der Waals surface area contributed by atoms with Crippen LogP contribution in [0.1, 0.15) is 12.5 Å². The summed E-state index contributed by atoms with van der Waals surface area (Å²) < 4.78 is 5.08. The van der Waals surface area contributed by atoms with E-state index >= 15 is 0 Å². The summed E-state index contributed by atoms with van der Waals surface area (Å²) in [4.78, 5) is 24.8. The number of methoxy groups -OCH3 is 1. The molecule has 0 heterocycles. The van der Waals surface area contributed by atoms with E-state index in [2.05, 4.69) is 17.9 Å². The van der Waals surface area contributed by atoms with Crippen LogP contribution < -0.4 is 10.1 Å². The molecule has 1 atom stereocenters. The fourth-order valence-corrected chi connectivity index (χ4v) is 2.03. The molecule has 5 nitrogen and oxygen atoms in total. The van der Waals surface area contributed by atoms with Gasteiger partial charge in [0.2, 0.25) is 11.8 Å². The highest BCUT2D eigenvalue weighted by molar-refractivity contribution is 7.80. The van der Waals surface area contributed by atoms with Crippen LogP contribution in [0.4, 0.5) is 0 Å². The van der Waals surface area contributed by atoms with Gasteiger partial charge in [-0.25, -0.2) is 0 Å². The standard InChI is InChI=1S/C14H20N2O3S/c1-10(17)15-13(9-20)14(18)16(2)8-11-4-6-12(19-3)7-5-11/h4-7,13,20H,8-9H2,1-3H3,(H,15,17). The zero-order valence-corrected chi connectivity index (χ0v) is 12.8. The Labute approximate surface area is 124 Å². The summed E-state index contributed by atoms with van der Waals surface area (Å²) in [6, 6.07) is 6.89. The molecule has 0 aliphatic carbocycles. The van der Waals surface area contributed by atoms with Crippen molar-refractivity contribution in [3.63, 3.8) is 0 Å². The molecule has 0 saturated carbocycles. The van der Waals surface area contributed by atoms with Gasteiger partial charge in [-0.1, -0.05) is 12.1 Å². The molecule has 0 radical (unpaired) electrons. The number of rotatable bonds is 6. The third kappa shape index (κ3) is 4.77. The van der Waals surface area contributed by atoms with Crippen LogP contribution >= 0.6 is 12.6 Å². The van der Waals surface area contributed by atoms with Crippen LogP contribution in [0.3, 0.4) is 0 Å². The lowest BCUT2D eigenvalue weighted by atomic mass is 10.2. The molecule has 1 rings (SSSR count). The van der Waals surface area contributed by atoms with Crippen molar-refractivity contribution in [1.29, 1.82) is 0 Å². The molecule has 0 bridgehead atoms. The Bertz CT molecular complexity index is 462. The molecule has 0 aromatic heterocycles. The number of carbonyl (C=O) groups is 2. The molecule has 110 valence electrons. The summed E-state index contributed by atoms with van der Waals surface area (Å²) in [5.74, 6) is 0.640. The molecule has 6 heteroatoms. The van der Waals surface area contributed by atoms with Gasteiger partial charge in [-0.15, -0.1) is 0 Å². The van der Waals surface area contributed by atoms with Crippen molar-refractivity contribution in [2.75, 3.05) is 19.9 Å². The highest BCUT2D eigenvalue weighted by atomic mass is 32.1. The highest BCUT2D eigenvalue weighted by Crippen LogP contribution is 2.13. The monoisotopic (exact) mass is 296 g/mol. The SMILES string of the molecule is COc1ccc(CN(C)C(=O)C(CS)NC(C)=O)cc1. The zero-order valence-electron chi connectivity index (χ0n) is 11.9. The van der Waals surface area contributed by atoms with Crippen LogP contribution in [0.5, 0.6) is 5.75 Å². The van der Waals surface area contributed by atoms with Gasteiger partial charge in [-0.05, 0) is 17.7 Å². The number of benzene rings is 1. The summed E-state index contributed by atoms with van der Waals surface area (Å²) in [6.45, 7) is 1.85. The number of amides is 2. The van der Waals surface area contributed by atoms with E-state index in [0.29, 0.717) is 6.54 Å². The first kappa shape index (κ1) is 16.4. The lowest BCUT2D eigenvalue weighted by Crippen LogP contribution is -2.47. The van der Waals surface area contributed by atoms with Crippen LogP contribution in [0.25, 0.3) is 0 Å². The summed E-state index contributed by atoms with van der Waals surface area (Å²) in [6.07, 6.45) is 0. The average Bonchev–Trinajstić information content (AvgIpc) is 2.44. The smallest absolute Gasteiger partial charge is 0.246 e. The maximum Gasteiger partial charge on any atom is 0.246 e. The molecule has 1 N–H and O–H groups in total. The van der Waals surface area contributed by atoms with Crippen LogP contribution in [-0.4, -0.2) is 42.7 Å². The van der Waals surface area contributed by atoms with Crippen molar-refractivity contribution in [3.05, 3.63) is 29.8 Å². The number of carbonyl (C=O) groups excluding carboxylic acids is 2. The van der Waals surface area contributed by atoms with E-state index in [1.54, 1.807) is 19.1 Å². The van der Waals surface area contributed by atoms with Crippen LogP contribution in [0, 0.1) is 0 Å². The molecule has 1 unspecified atom stereocenters. The summed E-state index contributed by atoms with van der Waals surface area (Å²) in [5, 5.41) is 2.59. The molecule has 20 heavy (non-hydrogen) atoms. The minimum atomic E-state index is -0.598. The molecule has 0 fully saturated rings. The molecular weight excluding hydrogens is 276 g/mol. The van der Waals surface area contributed by atoms with Crippen molar-refractivity contribution in [2.24, 2.45) is 0 Å².